The van der Waals surface area contributed by atoms with Crippen molar-refractivity contribution in [1.29, 1.82) is 0 Å². The van der Waals surface area contributed by atoms with Crippen molar-refractivity contribution in [2.75, 3.05) is 31.2 Å². The van der Waals surface area contributed by atoms with E-state index < -0.39 is 0 Å². The highest BCUT2D eigenvalue weighted by molar-refractivity contribution is 5.45. The number of rotatable bonds is 4. The Morgan fingerprint density at radius 2 is 2.28 bits per heavy atom. The van der Waals surface area contributed by atoms with Crippen molar-refractivity contribution in [3.05, 3.63) is 11.9 Å². The van der Waals surface area contributed by atoms with Gasteiger partial charge in [-0.1, -0.05) is 13.8 Å². The van der Waals surface area contributed by atoms with E-state index in [1.807, 2.05) is 0 Å². The average Bonchev–Trinajstić information content (AvgIpc) is 2.71. The molecule has 0 bridgehead atoms. The minimum Gasteiger partial charge on any atom is -0.384 e. The Bertz CT molecular complexity index is 404. The zero-order valence-corrected chi connectivity index (χ0v) is 11.5. The summed E-state index contributed by atoms with van der Waals surface area (Å²) in [7, 11) is 2.17. The summed E-state index contributed by atoms with van der Waals surface area (Å²) in [6, 6.07) is 2.41. The van der Waals surface area contributed by atoms with Crippen LogP contribution in [-0.4, -0.2) is 41.0 Å². The first kappa shape index (κ1) is 13.1. The molecule has 0 spiro atoms. The van der Waals surface area contributed by atoms with Gasteiger partial charge in [-0.25, -0.2) is 9.97 Å². The van der Waals surface area contributed by atoms with E-state index in [9.17, 15) is 0 Å². The smallest absolute Gasteiger partial charge is 0.135 e. The molecular weight excluding hydrogens is 226 g/mol. The Balaban J connectivity index is 2.00. The van der Waals surface area contributed by atoms with Crippen LogP contribution in [0.15, 0.2) is 6.07 Å². The summed E-state index contributed by atoms with van der Waals surface area (Å²) >= 11 is 0. The summed E-state index contributed by atoms with van der Waals surface area (Å²) in [5, 5.41) is 3.38. The molecule has 18 heavy (non-hydrogen) atoms. The minimum absolute atomic E-state index is 0.295. The largest absolute Gasteiger partial charge is 0.384 e. The van der Waals surface area contributed by atoms with Crippen molar-refractivity contribution in [2.24, 2.45) is 0 Å². The van der Waals surface area contributed by atoms with Gasteiger partial charge in [0.15, 0.2) is 0 Å². The van der Waals surface area contributed by atoms with E-state index in [2.05, 4.69) is 41.1 Å². The quantitative estimate of drug-likeness (QED) is 0.850. The van der Waals surface area contributed by atoms with Gasteiger partial charge in [-0.2, -0.15) is 0 Å². The third kappa shape index (κ3) is 3.10. The highest BCUT2D eigenvalue weighted by atomic mass is 15.2. The zero-order chi connectivity index (χ0) is 13.1. The van der Waals surface area contributed by atoms with Crippen LogP contribution in [0.2, 0.25) is 0 Å². The second-order valence-corrected chi connectivity index (χ2v) is 5.35. The Kier molecular flexibility index (Phi) is 4.01. The summed E-state index contributed by atoms with van der Waals surface area (Å²) in [6.45, 7) is 6.26. The lowest BCUT2D eigenvalue weighted by Crippen LogP contribution is -2.31. The first-order valence-corrected chi connectivity index (χ1v) is 6.65. The van der Waals surface area contributed by atoms with Crippen LogP contribution >= 0.6 is 0 Å². The summed E-state index contributed by atoms with van der Waals surface area (Å²) in [4.78, 5) is 11.1. The van der Waals surface area contributed by atoms with E-state index in [4.69, 9.17) is 5.73 Å². The normalized spacial score (nSPS) is 20.6. The third-order valence-electron chi connectivity index (χ3n) is 3.47. The second-order valence-electron chi connectivity index (χ2n) is 5.35. The fourth-order valence-electron chi connectivity index (χ4n) is 2.29. The number of hydrogen-bond donors (Lipinski definition) is 2. The number of nitrogen functional groups attached to an aromatic ring is 1. The number of aromatic nitrogens is 2. The predicted octanol–water partition coefficient (Wildman–Crippen LogP) is 1.69. The first-order valence-electron chi connectivity index (χ1n) is 6.65. The van der Waals surface area contributed by atoms with Gasteiger partial charge in [0.2, 0.25) is 0 Å². The lowest BCUT2D eigenvalue weighted by atomic mass is 10.2. The SMILES string of the molecule is CC(C)c1nc(N)cc(NCC2CCCN2C)n1. The molecule has 1 aliphatic rings. The lowest BCUT2D eigenvalue weighted by molar-refractivity contribution is 0.322. The monoisotopic (exact) mass is 249 g/mol. The van der Waals surface area contributed by atoms with Crippen LogP contribution in [0.4, 0.5) is 11.6 Å². The van der Waals surface area contributed by atoms with Gasteiger partial charge in [0.25, 0.3) is 0 Å². The van der Waals surface area contributed by atoms with Gasteiger partial charge in [0, 0.05) is 24.6 Å². The molecule has 1 aliphatic heterocycles. The van der Waals surface area contributed by atoms with E-state index in [1.54, 1.807) is 6.07 Å². The molecule has 1 aromatic heterocycles. The molecule has 2 heterocycles. The number of likely N-dealkylation sites (tertiary alicyclic amines) is 1. The van der Waals surface area contributed by atoms with E-state index in [1.165, 1.54) is 19.4 Å². The fraction of sp³-hybridized carbons (Fsp3) is 0.692. The Morgan fingerprint density at radius 1 is 1.50 bits per heavy atom. The lowest BCUT2D eigenvalue weighted by Gasteiger charge is -2.20. The molecule has 1 aromatic rings. The molecule has 2 rings (SSSR count). The maximum atomic E-state index is 5.81. The van der Waals surface area contributed by atoms with Crippen LogP contribution < -0.4 is 11.1 Å². The Morgan fingerprint density at radius 3 is 2.89 bits per heavy atom. The summed E-state index contributed by atoms with van der Waals surface area (Å²) in [5.41, 5.74) is 5.81. The molecule has 100 valence electrons. The van der Waals surface area contributed by atoms with Gasteiger partial charge in [-0.05, 0) is 26.4 Å². The molecule has 1 fully saturated rings. The van der Waals surface area contributed by atoms with Crippen LogP contribution in [0.3, 0.4) is 0 Å². The molecule has 1 atom stereocenters. The molecule has 0 aromatic carbocycles. The van der Waals surface area contributed by atoms with E-state index in [0.717, 1.165) is 18.2 Å². The van der Waals surface area contributed by atoms with Crippen LogP contribution in [0.1, 0.15) is 38.4 Å². The summed E-state index contributed by atoms with van der Waals surface area (Å²) in [6.07, 6.45) is 2.53. The molecule has 0 amide bonds. The van der Waals surface area contributed by atoms with E-state index in [-0.39, 0.29) is 0 Å². The van der Waals surface area contributed by atoms with Crippen molar-refractivity contribution < 1.29 is 0 Å². The van der Waals surface area contributed by atoms with Gasteiger partial charge in [-0.15, -0.1) is 0 Å². The number of nitrogens with one attached hydrogen (secondary N) is 1. The maximum absolute atomic E-state index is 5.81. The number of hydrogen-bond acceptors (Lipinski definition) is 5. The van der Waals surface area contributed by atoms with Crippen LogP contribution in [0.5, 0.6) is 0 Å². The molecular formula is C13H23N5. The van der Waals surface area contributed by atoms with E-state index in [0.29, 0.717) is 17.8 Å². The Hall–Kier alpha value is -1.36. The van der Waals surface area contributed by atoms with Crippen LogP contribution in [0, 0.1) is 0 Å². The van der Waals surface area contributed by atoms with Crippen molar-refractivity contribution >= 4 is 11.6 Å². The molecule has 0 saturated carbocycles. The van der Waals surface area contributed by atoms with Gasteiger partial charge < -0.3 is 16.0 Å². The topological polar surface area (TPSA) is 67.1 Å². The Labute approximate surface area is 109 Å². The number of nitrogens with two attached hydrogens (primary N) is 1. The third-order valence-corrected chi connectivity index (χ3v) is 3.47. The van der Waals surface area contributed by atoms with Gasteiger partial charge >= 0.3 is 0 Å². The summed E-state index contributed by atoms with van der Waals surface area (Å²) in [5.74, 6) is 2.47. The number of nitrogens with zero attached hydrogens (tertiary/aromatic N) is 3. The highest BCUT2D eigenvalue weighted by Crippen LogP contribution is 2.18. The zero-order valence-electron chi connectivity index (χ0n) is 11.5. The summed E-state index contributed by atoms with van der Waals surface area (Å²) < 4.78 is 0. The van der Waals surface area contributed by atoms with Crippen LogP contribution in [0.25, 0.3) is 0 Å². The molecule has 3 N–H and O–H groups in total. The minimum atomic E-state index is 0.295. The predicted molar refractivity (Wildman–Crippen MR) is 74.7 cm³/mol. The molecule has 1 unspecified atom stereocenters. The average molecular weight is 249 g/mol. The molecule has 1 saturated heterocycles. The number of likely N-dealkylation sites (N-methyl/N-ethyl adjacent to an activating group) is 1. The first-order chi connectivity index (χ1) is 8.56. The highest BCUT2D eigenvalue weighted by Gasteiger charge is 2.20. The van der Waals surface area contributed by atoms with E-state index >= 15 is 0 Å². The van der Waals surface area contributed by atoms with Gasteiger partial charge in [0.1, 0.15) is 17.5 Å². The molecule has 5 heteroatoms. The number of anilines is 2. The van der Waals surface area contributed by atoms with Gasteiger partial charge in [0.05, 0.1) is 0 Å². The molecule has 5 nitrogen and oxygen atoms in total. The van der Waals surface area contributed by atoms with Crippen molar-refractivity contribution in [1.82, 2.24) is 14.9 Å². The van der Waals surface area contributed by atoms with Crippen molar-refractivity contribution in [3.8, 4) is 0 Å². The van der Waals surface area contributed by atoms with Crippen LogP contribution in [-0.2, 0) is 0 Å². The maximum Gasteiger partial charge on any atom is 0.135 e. The molecule has 0 aliphatic carbocycles. The fourth-order valence-corrected chi connectivity index (χ4v) is 2.29. The van der Waals surface area contributed by atoms with Crippen molar-refractivity contribution in [3.63, 3.8) is 0 Å². The molecule has 0 radical (unpaired) electrons. The van der Waals surface area contributed by atoms with Gasteiger partial charge in [-0.3, -0.25) is 0 Å². The van der Waals surface area contributed by atoms with Crippen molar-refractivity contribution in [2.45, 2.75) is 38.6 Å². The standard InChI is InChI=1S/C13H23N5/c1-9(2)13-16-11(14)7-12(17-13)15-8-10-5-4-6-18(10)3/h7,9-10H,4-6,8H2,1-3H3,(H3,14,15,16,17). The second kappa shape index (κ2) is 5.52.